The van der Waals surface area contributed by atoms with Gasteiger partial charge in [-0.2, -0.15) is 13.2 Å². The summed E-state index contributed by atoms with van der Waals surface area (Å²) in [6.45, 7) is 6.57. The van der Waals surface area contributed by atoms with Gasteiger partial charge in [-0.05, 0) is 42.4 Å². The van der Waals surface area contributed by atoms with E-state index in [-0.39, 0.29) is 5.41 Å². The van der Waals surface area contributed by atoms with Crippen molar-refractivity contribution in [2.75, 3.05) is 13.6 Å². The standard InChI is InChI=1S/C22H23ClF3N3/c1-21(2,14-4-7-20(27-11-14)22(24,25)26)13-29-18-6-5-15(23)10-16(18)17-12-28(3)9-8-19(17)29/h4-7,10-11H,8-9,12-13H2,1-3H3. The maximum atomic E-state index is 12.9. The first-order chi connectivity index (χ1) is 13.6. The summed E-state index contributed by atoms with van der Waals surface area (Å²) >= 11 is 6.26. The predicted octanol–water partition coefficient (Wildman–Crippen LogP) is 5.67. The van der Waals surface area contributed by atoms with Gasteiger partial charge in [-0.25, -0.2) is 0 Å². The molecule has 0 saturated carbocycles. The Kier molecular flexibility index (Phi) is 4.90. The van der Waals surface area contributed by atoms with Crippen molar-refractivity contribution in [1.82, 2.24) is 14.5 Å². The zero-order valence-corrected chi connectivity index (χ0v) is 17.4. The molecule has 2 aromatic heterocycles. The van der Waals surface area contributed by atoms with Gasteiger partial charge in [0.1, 0.15) is 5.69 Å². The van der Waals surface area contributed by atoms with Crippen LogP contribution in [0.4, 0.5) is 13.2 Å². The molecule has 0 saturated heterocycles. The average molecular weight is 422 g/mol. The lowest BCUT2D eigenvalue weighted by atomic mass is 9.85. The van der Waals surface area contributed by atoms with E-state index in [9.17, 15) is 13.2 Å². The summed E-state index contributed by atoms with van der Waals surface area (Å²) < 4.78 is 40.9. The molecular formula is C22H23ClF3N3. The molecule has 154 valence electrons. The number of fused-ring (bicyclic) bond motifs is 3. The lowest BCUT2D eigenvalue weighted by Gasteiger charge is -2.29. The number of likely N-dealkylation sites (N-methyl/N-ethyl adjacent to an activating group) is 1. The van der Waals surface area contributed by atoms with Gasteiger partial charge >= 0.3 is 6.18 Å². The van der Waals surface area contributed by atoms with Crippen LogP contribution >= 0.6 is 11.6 Å². The molecule has 0 unspecified atom stereocenters. The van der Waals surface area contributed by atoms with Gasteiger partial charge in [0, 0.05) is 59.3 Å². The van der Waals surface area contributed by atoms with Gasteiger partial charge in [-0.15, -0.1) is 0 Å². The second kappa shape index (κ2) is 7.03. The Balaban J connectivity index is 1.75. The highest BCUT2D eigenvalue weighted by Crippen LogP contribution is 2.36. The van der Waals surface area contributed by atoms with Crippen molar-refractivity contribution in [2.45, 2.75) is 44.9 Å². The summed E-state index contributed by atoms with van der Waals surface area (Å²) in [7, 11) is 2.11. The zero-order valence-electron chi connectivity index (χ0n) is 16.6. The fourth-order valence-electron chi connectivity index (χ4n) is 4.19. The van der Waals surface area contributed by atoms with Crippen LogP contribution in [0, 0.1) is 0 Å². The van der Waals surface area contributed by atoms with Crippen molar-refractivity contribution >= 4 is 22.5 Å². The molecule has 0 N–H and O–H groups in total. The van der Waals surface area contributed by atoms with Gasteiger partial charge in [-0.1, -0.05) is 31.5 Å². The lowest BCUT2D eigenvalue weighted by molar-refractivity contribution is -0.141. The number of aromatic nitrogens is 2. The van der Waals surface area contributed by atoms with E-state index in [2.05, 4.69) is 21.5 Å². The number of alkyl halides is 3. The molecule has 29 heavy (non-hydrogen) atoms. The Bertz CT molecular complexity index is 1050. The predicted molar refractivity (Wildman–Crippen MR) is 109 cm³/mol. The molecule has 3 heterocycles. The van der Waals surface area contributed by atoms with E-state index in [4.69, 9.17) is 11.6 Å². The third kappa shape index (κ3) is 3.76. The van der Waals surface area contributed by atoms with E-state index in [0.29, 0.717) is 11.6 Å². The average Bonchev–Trinajstić information content (AvgIpc) is 2.93. The van der Waals surface area contributed by atoms with E-state index in [1.165, 1.54) is 17.5 Å². The number of hydrogen-bond donors (Lipinski definition) is 0. The summed E-state index contributed by atoms with van der Waals surface area (Å²) in [6.07, 6.45) is -2.14. The summed E-state index contributed by atoms with van der Waals surface area (Å²) in [5.41, 5.74) is 3.22. The van der Waals surface area contributed by atoms with E-state index in [1.54, 1.807) is 6.07 Å². The minimum Gasteiger partial charge on any atom is -0.343 e. The molecule has 0 spiro atoms. The first-order valence-corrected chi connectivity index (χ1v) is 9.96. The maximum absolute atomic E-state index is 12.9. The van der Waals surface area contributed by atoms with Gasteiger partial charge in [0.25, 0.3) is 0 Å². The molecule has 0 radical (unpaired) electrons. The van der Waals surface area contributed by atoms with Crippen LogP contribution in [0.15, 0.2) is 36.5 Å². The number of hydrogen-bond acceptors (Lipinski definition) is 2. The summed E-state index contributed by atoms with van der Waals surface area (Å²) in [6, 6.07) is 8.55. The second-order valence-electron chi connectivity index (χ2n) is 8.47. The molecule has 0 bridgehead atoms. The molecule has 7 heteroatoms. The summed E-state index contributed by atoms with van der Waals surface area (Å²) in [5.74, 6) is 0. The molecule has 0 fully saturated rings. The number of rotatable bonds is 3. The Morgan fingerprint density at radius 3 is 2.55 bits per heavy atom. The third-order valence-corrected chi connectivity index (χ3v) is 6.03. The number of pyridine rings is 1. The quantitative estimate of drug-likeness (QED) is 0.543. The monoisotopic (exact) mass is 421 g/mol. The molecule has 1 aliphatic rings. The highest BCUT2D eigenvalue weighted by atomic mass is 35.5. The van der Waals surface area contributed by atoms with Crippen molar-refractivity contribution in [1.29, 1.82) is 0 Å². The van der Waals surface area contributed by atoms with Crippen molar-refractivity contribution in [3.8, 4) is 0 Å². The largest absolute Gasteiger partial charge is 0.433 e. The number of nitrogens with zero attached hydrogens (tertiary/aromatic N) is 3. The van der Waals surface area contributed by atoms with Crippen molar-refractivity contribution in [2.24, 2.45) is 0 Å². The van der Waals surface area contributed by atoms with Crippen LogP contribution < -0.4 is 0 Å². The molecule has 0 aliphatic carbocycles. The van der Waals surface area contributed by atoms with Crippen LogP contribution in [0.5, 0.6) is 0 Å². The zero-order chi connectivity index (χ0) is 21.0. The third-order valence-electron chi connectivity index (χ3n) is 5.80. The van der Waals surface area contributed by atoms with E-state index in [0.717, 1.165) is 42.0 Å². The van der Waals surface area contributed by atoms with Gasteiger partial charge in [0.15, 0.2) is 0 Å². The van der Waals surface area contributed by atoms with Crippen LogP contribution in [0.3, 0.4) is 0 Å². The van der Waals surface area contributed by atoms with Crippen LogP contribution in [0.25, 0.3) is 10.9 Å². The number of halogens is 4. The Labute approximate surface area is 173 Å². The van der Waals surface area contributed by atoms with E-state index in [1.807, 2.05) is 32.0 Å². The Hall–Kier alpha value is -2.05. The first kappa shape index (κ1) is 20.2. The highest BCUT2D eigenvalue weighted by Gasteiger charge is 2.33. The smallest absolute Gasteiger partial charge is 0.343 e. The topological polar surface area (TPSA) is 21.1 Å². The van der Waals surface area contributed by atoms with Crippen LogP contribution in [-0.4, -0.2) is 28.0 Å². The molecule has 3 aromatic rings. The normalized spacial score (nSPS) is 15.7. The molecular weight excluding hydrogens is 399 g/mol. The molecule has 4 rings (SSSR count). The molecule has 1 aromatic carbocycles. The maximum Gasteiger partial charge on any atom is 0.433 e. The van der Waals surface area contributed by atoms with Gasteiger partial charge in [0.2, 0.25) is 0 Å². The SMILES string of the molecule is CN1CCc2c(c3cc(Cl)ccc3n2CC(C)(C)c2ccc(C(F)(F)F)nc2)C1. The fraction of sp³-hybridized carbons (Fsp3) is 0.409. The van der Waals surface area contributed by atoms with Gasteiger partial charge in [0.05, 0.1) is 0 Å². The van der Waals surface area contributed by atoms with Gasteiger partial charge in [-0.3, -0.25) is 4.98 Å². The van der Waals surface area contributed by atoms with Crippen molar-refractivity contribution in [3.63, 3.8) is 0 Å². The molecule has 1 aliphatic heterocycles. The van der Waals surface area contributed by atoms with Crippen LogP contribution in [0.2, 0.25) is 5.02 Å². The minimum atomic E-state index is -4.43. The van der Waals surface area contributed by atoms with E-state index >= 15 is 0 Å². The van der Waals surface area contributed by atoms with Crippen molar-refractivity contribution in [3.05, 3.63) is 64.1 Å². The second-order valence-corrected chi connectivity index (χ2v) is 8.91. The lowest BCUT2D eigenvalue weighted by Crippen LogP contribution is -2.30. The van der Waals surface area contributed by atoms with Gasteiger partial charge < -0.3 is 9.47 Å². The minimum absolute atomic E-state index is 0.389. The van der Waals surface area contributed by atoms with Crippen LogP contribution in [-0.2, 0) is 31.1 Å². The molecule has 0 amide bonds. The number of benzene rings is 1. The highest BCUT2D eigenvalue weighted by molar-refractivity contribution is 6.31. The summed E-state index contributed by atoms with van der Waals surface area (Å²) in [4.78, 5) is 5.95. The molecule has 3 nitrogen and oxygen atoms in total. The van der Waals surface area contributed by atoms with E-state index < -0.39 is 11.9 Å². The van der Waals surface area contributed by atoms with Crippen molar-refractivity contribution < 1.29 is 13.2 Å². The summed E-state index contributed by atoms with van der Waals surface area (Å²) in [5, 5.41) is 1.86. The Morgan fingerprint density at radius 2 is 1.90 bits per heavy atom. The first-order valence-electron chi connectivity index (χ1n) is 9.58. The van der Waals surface area contributed by atoms with Crippen LogP contribution in [0.1, 0.15) is 36.4 Å². The fourth-order valence-corrected chi connectivity index (χ4v) is 4.36. The Morgan fingerprint density at radius 1 is 1.14 bits per heavy atom. The molecule has 0 atom stereocenters.